The normalized spacial score (nSPS) is 11.3. The number of fused-ring (bicyclic) bond motifs is 3. The fraction of sp³-hybridized carbons (Fsp3) is 0. The summed E-state index contributed by atoms with van der Waals surface area (Å²) in [5.41, 5.74) is 0. The molecule has 0 fully saturated rings. The highest BCUT2D eigenvalue weighted by molar-refractivity contribution is 7.25. The smallest absolute Gasteiger partial charge is 0.116 e. The van der Waals surface area contributed by atoms with Gasteiger partial charge in [0.25, 0.3) is 0 Å². The summed E-state index contributed by atoms with van der Waals surface area (Å²) >= 11 is 7.62. The van der Waals surface area contributed by atoms with E-state index in [4.69, 9.17) is 11.6 Å². The van der Waals surface area contributed by atoms with Crippen LogP contribution in [0.5, 0.6) is 5.75 Å². The largest absolute Gasteiger partial charge is 0.508 e. The topological polar surface area (TPSA) is 20.2 Å². The van der Waals surface area contributed by atoms with Crippen LogP contribution in [0.15, 0.2) is 36.4 Å². The Morgan fingerprint density at radius 3 is 2.67 bits per heavy atom. The Labute approximate surface area is 95.5 Å². The van der Waals surface area contributed by atoms with Crippen molar-refractivity contribution in [1.29, 1.82) is 0 Å². The highest BCUT2D eigenvalue weighted by atomic mass is 35.5. The molecular formula is C12H7ClOS. The number of rotatable bonds is 0. The second-order valence-electron chi connectivity index (χ2n) is 3.42. The molecule has 1 aromatic heterocycles. The van der Waals surface area contributed by atoms with Crippen LogP contribution in [0.25, 0.3) is 20.2 Å². The molecule has 0 saturated carbocycles. The van der Waals surface area contributed by atoms with E-state index in [0.717, 1.165) is 20.5 Å². The number of hydrogen-bond donors (Lipinski definition) is 1. The van der Waals surface area contributed by atoms with Gasteiger partial charge in [0.1, 0.15) is 5.75 Å². The van der Waals surface area contributed by atoms with E-state index in [1.165, 1.54) is 4.70 Å². The van der Waals surface area contributed by atoms with Crippen molar-refractivity contribution >= 4 is 43.1 Å². The molecule has 15 heavy (non-hydrogen) atoms. The van der Waals surface area contributed by atoms with Crippen molar-refractivity contribution in [2.45, 2.75) is 0 Å². The van der Waals surface area contributed by atoms with Gasteiger partial charge in [-0.1, -0.05) is 17.7 Å². The molecule has 0 aliphatic rings. The van der Waals surface area contributed by atoms with Gasteiger partial charge >= 0.3 is 0 Å². The lowest BCUT2D eigenvalue weighted by Gasteiger charge is -1.93. The molecular weight excluding hydrogens is 228 g/mol. The average molecular weight is 235 g/mol. The van der Waals surface area contributed by atoms with Gasteiger partial charge in [-0.15, -0.1) is 11.3 Å². The Bertz CT molecular complexity index is 657. The second-order valence-corrected chi connectivity index (χ2v) is 4.94. The first-order valence-electron chi connectivity index (χ1n) is 4.55. The van der Waals surface area contributed by atoms with Crippen molar-refractivity contribution in [1.82, 2.24) is 0 Å². The van der Waals surface area contributed by atoms with E-state index >= 15 is 0 Å². The van der Waals surface area contributed by atoms with E-state index in [1.807, 2.05) is 24.3 Å². The molecule has 3 heteroatoms. The van der Waals surface area contributed by atoms with Gasteiger partial charge in [0.15, 0.2) is 0 Å². The third-order valence-electron chi connectivity index (χ3n) is 2.42. The van der Waals surface area contributed by atoms with Crippen molar-refractivity contribution in [3.05, 3.63) is 41.4 Å². The molecule has 0 bridgehead atoms. The van der Waals surface area contributed by atoms with Gasteiger partial charge in [0, 0.05) is 25.2 Å². The quantitative estimate of drug-likeness (QED) is 0.611. The number of thiophene rings is 1. The van der Waals surface area contributed by atoms with Crippen molar-refractivity contribution in [3.63, 3.8) is 0 Å². The van der Waals surface area contributed by atoms with Crippen molar-refractivity contribution in [3.8, 4) is 5.75 Å². The van der Waals surface area contributed by atoms with Crippen LogP contribution < -0.4 is 0 Å². The molecule has 0 amide bonds. The number of phenolic OH excluding ortho intramolecular Hbond substituents is 1. The molecule has 0 aliphatic carbocycles. The molecule has 1 heterocycles. The third kappa shape index (κ3) is 1.37. The Balaban J connectivity index is 2.53. The lowest BCUT2D eigenvalue weighted by Crippen LogP contribution is -1.67. The van der Waals surface area contributed by atoms with Crippen molar-refractivity contribution in [2.24, 2.45) is 0 Å². The van der Waals surface area contributed by atoms with Gasteiger partial charge in [-0.05, 0) is 30.3 Å². The minimum atomic E-state index is 0.303. The van der Waals surface area contributed by atoms with Crippen LogP contribution in [-0.4, -0.2) is 5.11 Å². The predicted octanol–water partition coefficient (Wildman–Crippen LogP) is 4.41. The van der Waals surface area contributed by atoms with E-state index in [0.29, 0.717) is 5.75 Å². The van der Waals surface area contributed by atoms with Gasteiger partial charge in [-0.2, -0.15) is 0 Å². The summed E-state index contributed by atoms with van der Waals surface area (Å²) in [6.07, 6.45) is 0. The minimum Gasteiger partial charge on any atom is -0.508 e. The first-order valence-corrected chi connectivity index (χ1v) is 5.74. The number of aromatic hydroxyl groups is 1. The van der Waals surface area contributed by atoms with E-state index in [9.17, 15) is 5.11 Å². The Kier molecular flexibility index (Phi) is 1.87. The molecule has 3 rings (SSSR count). The molecule has 0 unspecified atom stereocenters. The minimum absolute atomic E-state index is 0.303. The summed E-state index contributed by atoms with van der Waals surface area (Å²) < 4.78 is 2.33. The number of phenols is 1. The fourth-order valence-electron chi connectivity index (χ4n) is 1.74. The standard InChI is InChI=1S/C12H7ClOS/c13-7-1-3-9-10-6-8(14)2-4-11(10)15-12(9)5-7/h1-6,14H. The molecule has 74 valence electrons. The summed E-state index contributed by atoms with van der Waals surface area (Å²) in [7, 11) is 0. The first-order chi connectivity index (χ1) is 7.24. The van der Waals surface area contributed by atoms with Gasteiger partial charge < -0.3 is 5.11 Å². The molecule has 0 atom stereocenters. The van der Waals surface area contributed by atoms with Gasteiger partial charge in [0.05, 0.1) is 0 Å². The van der Waals surface area contributed by atoms with E-state index < -0.39 is 0 Å². The highest BCUT2D eigenvalue weighted by Gasteiger charge is 2.05. The average Bonchev–Trinajstić information content (AvgIpc) is 2.54. The predicted molar refractivity (Wildman–Crippen MR) is 66.0 cm³/mol. The van der Waals surface area contributed by atoms with Crippen LogP contribution in [0.2, 0.25) is 5.02 Å². The molecule has 1 nitrogen and oxygen atoms in total. The van der Waals surface area contributed by atoms with Crippen LogP contribution in [0, 0.1) is 0 Å². The monoisotopic (exact) mass is 234 g/mol. The fourth-order valence-corrected chi connectivity index (χ4v) is 3.10. The molecule has 0 aliphatic heterocycles. The number of benzene rings is 2. The van der Waals surface area contributed by atoms with Crippen LogP contribution in [0.1, 0.15) is 0 Å². The molecule has 0 spiro atoms. The zero-order valence-electron chi connectivity index (χ0n) is 7.70. The van der Waals surface area contributed by atoms with E-state index in [1.54, 1.807) is 23.5 Å². The maximum absolute atomic E-state index is 9.44. The summed E-state index contributed by atoms with van der Waals surface area (Å²) in [4.78, 5) is 0. The van der Waals surface area contributed by atoms with Gasteiger partial charge in [-0.3, -0.25) is 0 Å². The molecule has 2 aromatic carbocycles. The lowest BCUT2D eigenvalue weighted by molar-refractivity contribution is 0.476. The van der Waals surface area contributed by atoms with Crippen molar-refractivity contribution in [2.75, 3.05) is 0 Å². The summed E-state index contributed by atoms with van der Waals surface area (Å²) in [5.74, 6) is 0.303. The number of hydrogen-bond acceptors (Lipinski definition) is 2. The zero-order valence-corrected chi connectivity index (χ0v) is 9.27. The summed E-state index contributed by atoms with van der Waals surface area (Å²) in [6, 6.07) is 11.3. The Morgan fingerprint density at radius 1 is 0.933 bits per heavy atom. The van der Waals surface area contributed by atoms with Gasteiger partial charge in [0.2, 0.25) is 0 Å². The SMILES string of the molecule is Oc1ccc2sc3cc(Cl)ccc3c2c1. The summed E-state index contributed by atoms with van der Waals surface area (Å²) in [5, 5.41) is 12.4. The third-order valence-corrected chi connectivity index (χ3v) is 3.79. The molecule has 3 aromatic rings. The highest BCUT2D eigenvalue weighted by Crippen LogP contribution is 2.36. The summed E-state index contributed by atoms with van der Waals surface area (Å²) in [6.45, 7) is 0. The molecule has 0 saturated heterocycles. The zero-order chi connectivity index (χ0) is 10.4. The van der Waals surface area contributed by atoms with E-state index in [2.05, 4.69) is 0 Å². The van der Waals surface area contributed by atoms with Crippen LogP contribution in [-0.2, 0) is 0 Å². The maximum Gasteiger partial charge on any atom is 0.116 e. The Hall–Kier alpha value is -1.25. The first kappa shape index (κ1) is 9.01. The number of halogens is 1. The van der Waals surface area contributed by atoms with E-state index in [-0.39, 0.29) is 0 Å². The lowest BCUT2D eigenvalue weighted by atomic mass is 10.1. The molecule has 0 radical (unpaired) electrons. The second kappa shape index (κ2) is 3.12. The molecule has 1 N–H and O–H groups in total. The maximum atomic E-state index is 9.44. The van der Waals surface area contributed by atoms with Crippen molar-refractivity contribution < 1.29 is 5.11 Å². The van der Waals surface area contributed by atoms with Crippen LogP contribution in [0.3, 0.4) is 0 Å². The van der Waals surface area contributed by atoms with Gasteiger partial charge in [-0.25, -0.2) is 0 Å². The van der Waals surface area contributed by atoms with Crippen LogP contribution in [0.4, 0.5) is 0 Å². The van der Waals surface area contributed by atoms with Crippen LogP contribution >= 0.6 is 22.9 Å². The Morgan fingerprint density at radius 2 is 1.80 bits per heavy atom.